The van der Waals surface area contributed by atoms with Crippen LogP contribution in [-0.2, 0) is 9.31 Å². The van der Waals surface area contributed by atoms with E-state index < -0.39 is 24.4 Å². The van der Waals surface area contributed by atoms with Crippen LogP contribution in [-0.4, -0.2) is 33.5 Å². The van der Waals surface area contributed by atoms with E-state index in [2.05, 4.69) is 15.2 Å². The van der Waals surface area contributed by atoms with Gasteiger partial charge in [-0.05, 0) is 40.7 Å². The van der Waals surface area contributed by atoms with Gasteiger partial charge in [0.2, 0.25) is 5.89 Å². The molecule has 0 saturated carbocycles. The smallest absolute Gasteiger partial charge is 0.477 e. The Morgan fingerprint density at radius 1 is 1.16 bits per heavy atom. The average molecular weight is 346 g/mol. The van der Waals surface area contributed by atoms with E-state index in [1.807, 2.05) is 27.7 Å². The number of rotatable bonds is 4. The second-order valence-corrected chi connectivity index (χ2v) is 7.16. The third kappa shape index (κ3) is 3.34. The summed E-state index contributed by atoms with van der Waals surface area (Å²) in [5.74, 6) is 1.53. The fraction of sp³-hybridized carbons (Fsp3) is 0.562. The first-order valence-electron chi connectivity index (χ1n) is 8.17. The molecule has 0 bridgehead atoms. The maximum atomic E-state index is 6.04. The summed E-state index contributed by atoms with van der Waals surface area (Å²) in [4.78, 5) is 4.20. The SMILES string of the molecule is Cc1nnc(C(C)Oc2cc(B3OC(C)(C)C(C)(C)O3)cnc2N)o1. The maximum absolute atomic E-state index is 6.04. The summed E-state index contributed by atoms with van der Waals surface area (Å²) in [6, 6.07) is 1.77. The molecule has 3 heterocycles. The van der Waals surface area contributed by atoms with Crippen LogP contribution in [0.25, 0.3) is 0 Å². The summed E-state index contributed by atoms with van der Waals surface area (Å²) in [7, 11) is -0.540. The molecule has 0 aliphatic carbocycles. The Hall–Kier alpha value is -2.13. The lowest BCUT2D eigenvalue weighted by atomic mass is 9.80. The number of ether oxygens (including phenoxy) is 1. The monoisotopic (exact) mass is 346 g/mol. The van der Waals surface area contributed by atoms with Gasteiger partial charge in [0, 0.05) is 18.6 Å². The molecule has 2 aromatic heterocycles. The second-order valence-electron chi connectivity index (χ2n) is 7.16. The summed E-state index contributed by atoms with van der Waals surface area (Å²) in [6.45, 7) is 11.5. The molecule has 9 heteroatoms. The Labute approximate surface area is 147 Å². The highest BCUT2D eigenvalue weighted by Gasteiger charge is 2.52. The van der Waals surface area contributed by atoms with Crippen LogP contribution in [0.4, 0.5) is 5.82 Å². The van der Waals surface area contributed by atoms with Crippen molar-refractivity contribution in [1.29, 1.82) is 0 Å². The summed E-state index contributed by atoms with van der Waals surface area (Å²) >= 11 is 0. The van der Waals surface area contributed by atoms with E-state index in [4.69, 9.17) is 24.2 Å². The average Bonchev–Trinajstić information content (AvgIpc) is 3.03. The van der Waals surface area contributed by atoms with Gasteiger partial charge < -0.3 is 24.2 Å². The molecule has 0 radical (unpaired) electrons. The minimum atomic E-state index is -0.540. The molecule has 1 fully saturated rings. The third-order valence-electron chi connectivity index (χ3n) is 4.62. The first-order chi connectivity index (χ1) is 11.6. The van der Waals surface area contributed by atoms with Crippen molar-refractivity contribution < 1.29 is 18.5 Å². The predicted molar refractivity (Wildman–Crippen MR) is 92.4 cm³/mol. The Morgan fingerprint density at radius 2 is 1.80 bits per heavy atom. The van der Waals surface area contributed by atoms with Gasteiger partial charge in [-0.2, -0.15) is 0 Å². The van der Waals surface area contributed by atoms with Crippen molar-refractivity contribution in [2.75, 3.05) is 5.73 Å². The van der Waals surface area contributed by atoms with Gasteiger partial charge >= 0.3 is 7.12 Å². The fourth-order valence-electron chi connectivity index (χ4n) is 2.39. The van der Waals surface area contributed by atoms with Crippen molar-refractivity contribution in [1.82, 2.24) is 15.2 Å². The second kappa shape index (κ2) is 6.00. The van der Waals surface area contributed by atoms with Crippen LogP contribution in [0, 0.1) is 6.92 Å². The van der Waals surface area contributed by atoms with Crippen molar-refractivity contribution in [3.63, 3.8) is 0 Å². The Morgan fingerprint density at radius 3 is 2.36 bits per heavy atom. The van der Waals surface area contributed by atoms with Crippen LogP contribution >= 0.6 is 0 Å². The topological polar surface area (TPSA) is 106 Å². The third-order valence-corrected chi connectivity index (χ3v) is 4.62. The number of pyridine rings is 1. The van der Waals surface area contributed by atoms with Gasteiger partial charge in [-0.15, -0.1) is 10.2 Å². The van der Waals surface area contributed by atoms with Crippen molar-refractivity contribution >= 4 is 18.4 Å². The molecule has 2 N–H and O–H groups in total. The zero-order valence-corrected chi connectivity index (χ0v) is 15.4. The number of hydrogen-bond donors (Lipinski definition) is 1. The molecular formula is C16H23BN4O4. The molecule has 3 rings (SSSR count). The van der Waals surface area contributed by atoms with Crippen LogP contribution in [0.5, 0.6) is 5.75 Å². The highest BCUT2D eigenvalue weighted by molar-refractivity contribution is 6.62. The molecule has 25 heavy (non-hydrogen) atoms. The van der Waals surface area contributed by atoms with Gasteiger partial charge in [-0.3, -0.25) is 0 Å². The standard InChI is InChI=1S/C16H23BN4O4/c1-9(14-21-20-10(2)23-14)22-12-7-11(8-19-13(12)18)17-24-15(3,4)16(5,6)25-17/h7-9H,1-6H3,(H2,18,19). The Kier molecular flexibility index (Phi) is 4.24. The molecule has 134 valence electrons. The lowest BCUT2D eigenvalue weighted by Gasteiger charge is -2.32. The Balaban J connectivity index is 1.82. The molecule has 0 amide bonds. The summed E-state index contributed by atoms with van der Waals surface area (Å²) in [5, 5.41) is 7.76. The van der Waals surface area contributed by atoms with Crippen LogP contribution in [0.15, 0.2) is 16.7 Å². The van der Waals surface area contributed by atoms with Crippen LogP contribution < -0.4 is 15.9 Å². The van der Waals surface area contributed by atoms with Gasteiger partial charge in [0.25, 0.3) is 5.89 Å². The lowest BCUT2D eigenvalue weighted by molar-refractivity contribution is 0.00578. The molecule has 1 aliphatic rings. The number of nitrogen functional groups attached to an aromatic ring is 1. The quantitative estimate of drug-likeness (QED) is 0.836. The largest absolute Gasteiger partial charge is 0.496 e. The summed E-state index contributed by atoms with van der Waals surface area (Å²) in [6.07, 6.45) is 1.17. The van der Waals surface area contributed by atoms with Crippen LogP contribution in [0.3, 0.4) is 0 Å². The van der Waals surface area contributed by atoms with Crippen molar-refractivity contribution in [2.45, 2.75) is 58.8 Å². The first kappa shape index (κ1) is 17.7. The molecule has 0 aromatic carbocycles. The first-order valence-corrected chi connectivity index (χ1v) is 8.17. The molecular weight excluding hydrogens is 323 g/mol. The van der Waals surface area contributed by atoms with Crippen molar-refractivity contribution in [3.8, 4) is 5.75 Å². The number of aryl methyl sites for hydroxylation is 1. The van der Waals surface area contributed by atoms with Crippen molar-refractivity contribution in [3.05, 3.63) is 24.0 Å². The molecule has 2 aromatic rings. The van der Waals surface area contributed by atoms with Gasteiger partial charge in [0.15, 0.2) is 17.7 Å². The Bertz CT molecular complexity index is 761. The fourth-order valence-corrected chi connectivity index (χ4v) is 2.39. The number of nitrogens with zero attached hydrogens (tertiary/aromatic N) is 3. The highest BCUT2D eigenvalue weighted by Crippen LogP contribution is 2.37. The normalized spacial score (nSPS) is 19.8. The number of nitrogens with two attached hydrogens (primary N) is 1. The predicted octanol–water partition coefficient (Wildman–Crippen LogP) is 1.79. The zero-order chi connectivity index (χ0) is 18.4. The summed E-state index contributed by atoms with van der Waals surface area (Å²) in [5.41, 5.74) is 5.80. The van der Waals surface area contributed by atoms with Gasteiger partial charge in [-0.1, -0.05) is 0 Å². The van der Waals surface area contributed by atoms with E-state index in [1.165, 1.54) is 0 Å². The van der Waals surface area contributed by atoms with Gasteiger partial charge in [0.1, 0.15) is 0 Å². The number of anilines is 1. The van der Waals surface area contributed by atoms with E-state index in [0.717, 1.165) is 5.46 Å². The van der Waals surface area contributed by atoms with Crippen LogP contribution in [0.1, 0.15) is 52.5 Å². The minimum Gasteiger partial charge on any atom is -0.477 e. The number of aromatic nitrogens is 3. The maximum Gasteiger partial charge on any atom is 0.496 e. The summed E-state index contributed by atoms with van der Waals surface area (Å²) < 4.78 is 23.3. The molecule has 1 aliphatic heterocycles. The molecule has 0 spiro atoms. The van der Waals surface area contributed by atoms with Gasteiger partial charge in [-0.25, -0.2) is 4.98 Å². The van der Waals surface area contributed by atoms with Crippen LogP contribution in [0.2, 0.25) is 0 Å². The molecule has 1 unspecified atom stereocenters. The zero-order valence-electron chi connectivity index (χ0n) is 15.4. The van der Waals surface area contributed by atoms with Crippen molar-refractivity contribution in [2.24, 2.45) is 0 Å². The van der Waals surface area contributed by atoms with Gasteiger partial charge in [0.05, 0.1) is 11.2 Å². The van der Waals surface area contributed by atoms with E-state index in [-0.39, 0.29) is 5.82 Å². The molecule has 8 nitrogen and oxygen atoms in total. The van der Waals surface area contributed by atoms with E-state index in [1.54, 1.807) is 26.1 Å². The van der Waals surface area contributed by atoms with E-state index in [0.29, 0.717) is 17.5 Å². The minimum absolute atomic E-state index is 0.267. The van der Waals surface area contributed by atoms with E-state index in [9.17, 15) is 0 Å². The highest BCUT2D eigenvalue weighted by atomic mass is 16.7. The number of hydrogen-bond acceptors (Lipinski definition) is 8. The molecule has 1 saturated heterocycles. The lowest BCUT2D eigenvalue weighted by Crippen LogP contribution is -2.41. The molecule has 1 atom stereocenters. The van der Waals surface area contributed by atoms with E-state index >= 15 is 0 Å².